The van der Waals surface area contributed by atoms with Crippen LogP contribution in [0.5, 0.6) is 0 Å². The molecule has 2 amide bonds. The van der Waals surface area contributed by atoms with Crippen LogP contribution < -0.4 is 0 Å². The van der Waals surface area contributed by atoms with Gasteiger partial charge in [0.25, 0.3) is 11.1 Å². The molecule has 6 heteroatoms. The number of carbonyl (C=O) groups is 2. The van der Waals surface area contributed by atoms with E-state index in [9.17, 15) is 18.4 Å². The average molecular weight is 331 g/mol. The Bertz CT molecular complexity index is 785. The first-order chi connectivity index (χ1) is 11.0. The Morgan fingerprint density at radius 3 is 2.09 bits per heavy atom. The van der Waals surface area contributed by atoms with Crippen LogP contribution in [-0.2, 0) is 11.3 Å². The van der Waals surface area contributed by atoms with Crippen molar-refractivity contribution in [2.24, 2.45) is 0 Å². The lowest BCUT2D eigenvalue weighted by molar-refractivity contribution is -0.123. The summed E-state index contributed by atoms with van der Waals surface area (Å²) in [6.45, 7) is 0.0890. The number of benzene rings is 2. The smallest absolute Gasteiger partial charge is 0.268 e. The molecule has 1 aliphatic heterocycles. The van der Waals surface area contributed by atoms with Crippen molar-refractivity contribution < 1.29 is 18.4 Å². The predicted molar refractivity (Wildman–Crippen MR) is 84.3 cm³/mol. The summed E-state index contributed by atoms with van der Waals surface area (Å²) in [5, 5.41) is -0.382. The van der Waals surface area contributed by atoms with Crippen LogP contribution in [0.4, 0.5) is 13.6 Å². The van der Waals surface area contributed by atoms with E-state index < -0.39 is 5.91 Å². The van der Waals surface area contributed by atoms with Gasteiger partial charge in [-0.3, -0.25) is 14.5 Å². The van der Waals surface area contributed by atoms with E-state index in [1.807, 2.05) is 0 Å². The van der Waals surface area contributed by atoms with Gasteiger partial charge >= 0.3 is 0 Å². The van der Waals surface area contributed by atoms with Crippen LogP contribution in [0.3, 0.4) is 0 Å². The van der Waals surface area contributed by atoms with Crippen LogP contribution >= 0.6 is 11.8 Å². The molecule has 3 rings (SSSR count). The van der Waals surface area contributed by atoms with Crippen molar-refractivity contribution in [2.45, 2.75) is 6.54 Å². The van der Waals surface area contributed by atoms with E-state index in [0.29, 0.717) is 11.1 Å². The molecule has 1 aliphatic rings. The first-order valence-electron chi connectivity index (χ1n) is 6.78. The van der Waals surface area contributed by atoms with Crippen molar-refractivity contribution in [3.8, 4) is 0 Å². The molecule has 3 nitrogen and oxygen atoms in total. The number of nitrogens with zero attached hydrogens (tertiary/aromatic N) is 1. The van der Waals surface area contributed by atoms with Gasteiger partial charge in [0.2, 0.25) is 0 Å². The monoisotopic (exact) mass is 331 g/mol. The third-order valence-electron chi connectivity index (χ3n) is 3.30. The number of imide groups is 1. The molecule has 23 heavy (non-hydrogen) atoms. The minimum Gasteiger partial charge on any atom is -0.268 e. The lowest BCUT2D eigenvalue weighted by atomic mass is 10.2. The SMILES string of the molecule is O=C1S/C(=C\c2ccc(F)cc2)C(=O)N1Cc1ccc(F)cc1. The van der Waals surface area contributed by atoms with Crippen LogP contribution in [0.15, 0.2) is 53.4 Å². The molecule has 2 aromatic rings. The molecule has 1 saturated heterocycles. The van der Waals surface area contributed by atoms with Gasteiger partial charge in [-0.2, -0.15) is 0 Å². The molecule has 1 fully saturated rings. The third kappa shape index (κ3) is 3.48. The summed E-state index contributed by atoms with van der Waals surface area (Å²) in [6.07, 6.45) is 1.55. The Morgan fingerprint density at radius 2 is 1.48 bits per heavy atom. The second-order valence-electron chi connectivity index (χ2n) is 4.95. The highest BCUT2D eigenvalue weighted by Gasteiger charge is 2.34. The largest absolute Gasteiger partial charge is 0.293 e. The number of halogens is 2. The molecule has 0 spiro atoms. The van der Waals surface area contributed by atoms with E-state index in [1.165, 1.54) is 48.5 Å². The highest BCUT2D eigenvalue weighted by Crippen LogP contribution is 2.33. The fraction of sp³-hybridized carbons (Fsp3) is 0.0588. The van der Waals surface area contributed by atoms with Gasteiger partial charge in [0.05, 0.1) is 11.4 Å². The molecule has 0 radical (unpaired) electrons. The van der Waals surface area contributed by atoms with Crippen molar-refractivity contribution >= 4 is 29.0 Å². The lowest BCUT2D eigenvalue weighted by Crippen LogP contribution is -2.27. The van der Waals surface area contributed by atoms with Crippen molar-refractivity contribution in [1.29, 1.82) is 0 Å². The number of amides is 2. The molecular formula is C17H11F2NO2S. The van der Waals surface area contributed by atoms with Crippen molar-refractivity contribution in [3.63, 3.8) is 0 Å². The Balaban J connectivity index is 1.79. The highest BCUT2D eigenvalue weighted by atomic mass is 32.2. The molecule has 0 N–H and O–H groups in total. The lowest BCUT2D eigenvalue weighted by Gasteiger charge is -2.12. The van der Waals surface area contributed by atoms with Crippen molar-refractivity contribution in [3.05, 3.63) is 76.2 Å². The van der Waals surface area contributed by atoms with Crippen LogP contribution in [0.1, 0.15) is 11.1 Å². The Morgan fingerprint density at radius 1 is 0.913 bits per heavy atom. The van der Waals surface area contributed by atoms with Gasteiger partial charge in [0.1, 0.15) is 11.6 Å². The maximum Gasteiger partial charge on any atom is 0.293 e. The van der Waals surface area contributed by atoms with Gasteiger partial charge < -0.3 is 0 Å². The topological polar surface area (TPSA) is 37.4 Å². The summed E-state index contributed by atoms with van der Waals surface area (Å²) >= 11 is 0.834. The molecule has 1 heterocycles. The molecule has 116 valence electrons. The molecule has 0 unspecified atom stereocenters. The normalized spacial score (nSPS) is 16.4. The van der Waals surface area contributed by atoms with Gasteiger partial charge in [0.15, 0.2) is 0 Å². The van der Waals surface area contributed by atoms with Gasteiger partial charge in [-0.25, -0.2) is 8.78 Å². The Kier molecular flexibility index (Phi) is 4.25. The average Bonchev–Trinajstić information content (AvgIpc) is 2.79. The van der Waals surface area contributed by atoms with Gasteiger partial charge in [-0.15, -0.1) is 0 Å². The van der Waals surface area contributed by atoms with E-state index in [-0.39, 0.29) is 28.3 Å². The van der Waals surface area contributed by atoms with Gasteiger partial charge in [-0.05, 0) is 53.2 Å². The van der Waals surface area contributed by atoms with E-state index in [1.54, 1.807) is 6.08 Å². The second kappa shape index (κ2) is 6.34. The summed E-state index contributed by atoms with van der Waals surface area (Å²) < 4.78 is 25.8. The zero-order valence-corrected chi connectivity index (χ0v) is 12.6. The molecule has 0 aliphatic carbocycles. The first kappa shape index (κ1) is 15.4. The number of hydrogen-bond donors (Lipinski definition) is 0. The van der Waals surface area contributed by atoms with Crippen LogP contribution in [-0.4, -0.2) is 16.0 Å². The van der Waals surface area contributed by atoms with E-state index in [2.05, 4.69) is 0 Å². The van der Waals surface area contributed by atoms with E-state index >= 15 is 0 Å². The predicted octanol–water partition coefficient (Wildman–Crippen LogP) is 4.20. The molecule has 0 bridgehead atoms. The van der Waals surface area contributed by atoms with Crippen molar-refractivity contribution in [1.82, 2.24) is 4.90 Å². The molecule has 0 saturated carbocycles. The first-order valence-corrected chi connectivity index (χ1v) is 7.60. The van der Waals surface area contributed by atoms with Gasteiger partial charge in [-0.1, -0.05) is 24.3 Å². The summed E-state index contributed by atoms with van der Waals surface area (Å²) in [4.78, 5) is 25.7. The summed E-state index contributed by atoms with van der Waals surface area (Å²) in [7, 11) is 0. The summed E-state index contributed by atoms with van der Waals surface area (Å²) in [5.74, 6) is -1.15. The quantitative estimate of drug-likeness (QED) is 0.791. The highest BCUT2D eigenvalue weighted by molar-refractivity contribution is 8.18. The van der Waals surface area contributed by atoms with Crippen LogP contribution in [0, 0.1) is 11.6 Å². The zero-order chi connectivity index (χ0) is 16.4. The third-order valence-corrected chi connectivity index (χ3v) is 4.20. The molecule has 0 aromatic heterocycles. The molecular weight excluding hydrogens is 320 g/mol. The maximum atomic E-state index is 12.9. The fourth-order valence-electron chi connectivity index (χ4n) is 2.12. The van der Waals surface area contributed by atoms with Gasteiger partial charge in [0, 0.05) is 0 Å². The summed E-state index contributed by atoms with van der Waals surface area (Å²) in [6, 6.07) is 11.3. The van der Waals surface area contributed by atoms with Crippen molar-refractivity contribution in [2.75, 3.05) is 0 Å². The number of carbonyl (C=O) groups excluding carboxylic acids is 2. The fourth-order valence-corrected chi connectivity index (χ4v) is 2.96. The Labute approximate surface area is 135 Å². The maximum absolute atomic E-state index is 12.9. The minimum absolute atomic E-state index is 0.0890. The second-order valence-corrected chi connectivity index (χ2v) is 5.94. The number of hydrogen-bond acceptors (Lipinski definition) is 3. The number of rotatable bonds is 3. The number of thioether (sulfide) groups is 1. The standard InChI is InChI=1S/C17H11F2NO2S/c18-13-5-1-11(2-6-13)9-15-16(21)20(17(22)23-15)10-12-3-7-14(19)8-4-12/h1-9H,10H2/b15-9-. The molecule has 2 aromatic carbocycles. The van der Waals surface area contributed by atoms with E-state index in [0.717, 1.165) is 16.7 Å². The van der Waals surface area contributed by atoms with Crippen LogP contribution in [0.25, 0.3) is 6.08 Å². The minimum atomic E-state index is -0.409. The summed E-state index contributed by atoms with van der Waals surface area (Å²) in [5.41, 5.74) is 1.30. The van der Waals surface area contributed by atoms with E-state index in [4.69, 9.17) is 0 Å². The van der Waals surface area contributed by atoms with Crippen LogP contribution in [0.2, 0.25) is 0 Å². The molecule has 0 atom stereocenters. The zero-order valence-electron chi connectivity index (χ0n) is 11.8. The Hall–Kier alpha value is -2.47.